The fraction of sp³-hybridized carbons (Fsp3) is 0.647. The van der Waals surface area contributed by atoms with E-state index in [1.54, 1.807) is 7.11 Å². The van der Waals surface area contributed by atoms with Crippen LogP contribution in [0.4, 0.5) is 0 Å². The number of benzene rings is 1. The number of ether oxygens (including phenoxy) is 2. The van der Waals surface area contributed by atoms with Gasteiger partial charge in [-0.3, -0.25) is 0 Å². The lowest BCUT2D eigenvalue weighted by molar-refractivity contribution is 0.0658. The second-order valence-electron chi connectivity index (χ2n) is 6.63. The SMILES string of the molecule is COc1ccc2c(c1)C(NCCCN(C)C)CC(C)(C)O2. The predicted molar refractivity (Wildman–Crippen MR) is 86.2 cm³/mol. The van der Waals surface area contributed by atoms with Crippen molar-refractivity contribution < 1.29 is 9.47 Å². The van der Waals surface area contributed by atoms with E-state index in [0.717, 1.165) is 37.4 Å². The van der Waals surface area contributed by atoms with E-state index in [4.69, 9.17) is 9.47 Å². The molecule has 1 unspecified atom stereocenters. The Hall–Kier alpha value is -1.26. The van der Waals surface area contributed by atoms with E-state index >= 15 is 0 Å². The summed E-state index contributed by atoms with van der Waals surface area (Å²) in [5.74, 6) is 1.86. The van der Waals surface area contributed by atoms with Gasteiger partial charge in [-0.25, -0.2) is 0 Å². The molecule has 2 rings (SSSR count). The van der Waals surface area contributed by atoms with Gasteiger partial charge >= 0.3 is 0 Å². The molecule has 0 bridgehead atoms. The summed E-state index contributed by atoms with van der Waals surface area (Å²) in [5.41, 5.74) is 1.07. The van der Waals surface area contributed by atoms with Gasteiger partial charge in [-0.15, -0.1) is 0 Å². The molecule has 1 aliphatic heterocycles. The Labute approximate surface area is 128 Å². The summed E-state index contributed by atoms with van der Waals surface area (Å²) >= 11 is 0. The molecule has 0 fully saturated rings. The monoisotopic (exact) mass is 292 g/mol. The van der Waals surface area contributed by atoms with Crippen LogP contribution in [0.3, 0.4) is 0 Å². The zero-order valence-electron chi connectivity index (χ0n) is 13.9. The number of nitrogens with one attached hydrogen (secondary N) is 1. The summed E-state index contributed by atoms with van der Waals surface area (Å²) in [7, 11) is 5.92. The van der Waals surface area contributed by atoms with E-state index in [1.165, 1.54) is 5.56 Å². The lowest BCUT2D eigenvalue weighted by Gasteiger charge is -2.38. The molecule has 1 aromatic carbocycles. The van der Waals surface area contributed by atoms with E-state index in [2.05, 4.69) is 44.2 Å². The van der Waals surface area contributed by atoms with Gasteiger partial charge in [-0.05, 0) is 65.7 Å². The number of hydrogen-bond donors (Lipinski definition) is 1. The van der Waals surface area contributed by atoms with Crippen molar-refractivity contribution in [2.75, 3.05) is 34.3 Å². The third-order valence-corrected chi connectivity index (χ3v) is 3.85. The van der Waals surface area contributed by atoms with Gasteiger partial charge in [0.15, 0.2) is 0 Å². The Morgan fingerprint density at radius 2 is 2.14 bits per heavy atom. The first kappa shape index (κ1) is 16.1. The Bertz CT molecular complexity index is 472. The van der Waals surface area contributed by atoms with Crippen LogP contribution in [0.2, 0.25) is 0 Å². The molecule has 21 heavy (non-hydrogen) atoms. The second-order valence-corrected chi connectivity index (χ2v) is 6.63. The topological polar surface area (TPSA) is 33.7 Å². The molecule has 0 amide bonds. The standard InChI is InChI=1S/C17H28N2O2/c1-17(2)12-15(18-9-6-10-19(3)4)14-11-13(20-5)7-8-16(14)21-17/h7-8,11,15,18H,6,9-10,12H2,1-5H3. The van der Waals surface area contributed by atoms with Crippen molar-refractivity contribution in [3.63, 3.8) is 0 Å². The number of hydrogen-bond acceptors (Lipinski definition) is 4. The molecule has 0 spiro atoms. The van der Waals surface area contributed by atoms with Crippen LogP contribution in [0.5, 0.6) is 11.5 Å². The van der Waals surface area contributed by atoms with E-state index in [0.29, 0.717) is 6.04 Å². The molecule has 0 saturated heterocycles. The van der Waals surface area contributed by atoms with Crippen molar-refractivity contribution in [3.8, 4) is 11.5 Å². The molecular formula is C17H28N2O2. The number of rotatable bonds is 6. The zero-order chi connectivity index (χ0) is 15.5. The van der Waals surface area contributed by atoms with Crippen molar-refractivity contribution >= 4 is 0 Å². The van der Waals surface area contributed by atoms with Crippen molar-refractivity contribution in [1.29, 1.82) is 0 Å². The fourth-order valence-corrected chi connectivity index (χ4v) is 2.81. The summed E-state index contributed by atoms with van der Waals surface area (Å²) in [6, 6.07) is 6.39. The van der Waals surface area contributed by atoms with E-state index < -0.39 is 0 Å². The van der Waals surface area contributed by atoms with Gasteiger partial charge in [0.2, 0.25) is 0 Å². The van der Waals surface area contributed by atoms with Crippen molar-refractivity contribution in [2.45, 2.75) is 38.3 Å². The lowest BCUT2D eigenvalue weighted by Crippen LogP contribution is -2.40. The smallest absolute Gasteiger partial charge is 0.125 e. The van der Waals surface area contributed by atoms with E-state index in [9.17, 15) is 0 Å². The summed E-state index contributed by atoms with van der Waals surface area (Å²) in [6.07, 6.45) is 2.11. The Balaban J connectivity index is 2.09. The number of methoxy groups -OCH3 is 1. The highest BCUT2D eigenvalue weighted by atomic mass is 16.5. The molecule has 1 aliphatic rings. The summed E-state index contributed by atoms with van der Waals surface area (Å²) < 4.78 is 11.4. The summed E-state index contributed by atoms with van der Waals surface area (Å²) in [5, 5.41) is 3.68. The van der Waals surface area contributed by atoms with Gasteiger partial charge in [-0.2, -0.15) is 0 Å². The minimum atomic E-state index is -0.138. The predicted octanol–water partition coefficient (Wildman–Crippen LogP) is 2.84. The first-order chi connectivity index (χ1) is 9.91. The molecule has 118 valence electrons. The first-order valence-electron chi connectivity index (χ1n) is 7.66. The molecule has 0 saturated carbocycles. The highest BCUT2D eigenvalue weighted by Gasteiger charge is 2.33. The van der Waals surface area contributed by atoms with Crippen LogP contribution in [-0.2, 0) is 0 Å². The molecule has 1 N–H and O–H groups in total. The molecular weight excluding hydrogens is 264 g/mol. The maximum atomic E-state index is 6.09. The summed E-state index contributed by atoms with van der Waals surface area (Å²) in [4.78, 5) is 2.21. The van der Waals surface area contributed by atoms with Gasteiger partial charge < -0.3 is 19.7 Å². The Kier molecular flexibility index (Phi) is 5.12. The van der Waals surface area contributed by atoms with Gasteiger partial charge in [0.1, 0.15) is 17.1 Å². The third-order valence-electron chi connectivity index (χ3n) is 3.85. The van der Waals surface area contributed by atoms with Crippen LogP contribution in [-0.4, -0.2) is 44.8 Å². The average Bonchev–Trinajstić information content (AvgIpc) is 2.41. The van der Waals surface area contributed by atoms with Crippen molar-refractivity contribution in [1.82, 2.24) is 10.2 Å². The number of fused-ring (bicyclic) bond motifs is 1. The van der Waals surface area contributed by atoms with Crippen molar-refractivity contribution in [2.24, 2.45) is 0 Å². The average molecular weight is 292 g/mol. The Morgan fingerprint density at radius 1 is 1.38 bits per heavy atom. The van der Waals surface area contributed by atoms with E-state index in [-0.39, 0.29) is 5.60 Å². The molecule has 0 aromatic heterocycles. The second kappa shape index (κ2) is 6.67. The normalized spacial score (nSPS) is 20.0. The Morgan fingerprint density at radius 3 is 2.81 bits per heavy atom. The molecule has 0 aliphatic carbocycles. The van der Waals surface area contributed by atoms with Gasteiger partial charge in [0.25, 0.3) is 0 Å². The van der Waals surface area contributed by atoms with Crippen LogP contribution in [0.1, 0.15) is 38.3 Å². The largest absolute Gasteiger partial charge is 0.497 e. The zero-order valence-corrected chi connectivity index (χ0v) is 13.9. The maximum Gasteiger partial charge on any atom is 0.125 e. The molecule has 0 radical (unpaired) electrons. The van der Waals surface area contributed by atoms with Gasteiger partial charge in [-0.1, -0.05) is 0 Å². The summed E-state index contributed by atoms with van der Waals surface area (Å²) in [6.45, 7) is 6.41. The van der Waals surface area contributed by atoms with Gasteiger partial charge in [0.05, 0.1) is 7.11 Å². The highest BCUT2D eigenvalue weighted by Crippen LogP contribution is 2.40. The quantitative estimate of drug-likeness (QED) is 0.818. The first-order valence-corrected chi connectivity index (χ1v) is 7.66. The van der Waals surface area contributed by atoms with Gasteiger partial charge in [0, 0.05) is 18.0 Å². The molecule has 1 atom stereocenters. The molecule has 4 nitrogen and oxygen atoms in total. The number of nitrogens with zero attached hydrogens (tertiary/aromatic N) is 1. The third kappa shape index (κ3) is 4.35. The highest BCUT2D eigenvalue weighted by molar-refractivity contribution is 5.44. The minimum Gasteiger partial charge on any atom is -0.497 e. The molecule has 1 aromatic rings. The lowest BCUT2D eigenvalue weighted by atomic mass is 9.89. The molecule has 1 heterocycles. The van der Waals surface area contributed by atoms with Crippen LogP contribution in [0.25, 0.3) is 0 Å². The fourth-order valence-electron chi connectivity index (χ4n) is 2.81. The maximum absolute atomic E-state index is 6.09. The van der Waals surface area contributed by atoms with Crippen LogP contribution in [0.15, 0.2) is 18.2 Å². The van der Waals surface area contributed by atoms with Crippen LogP contribution < -0.4 is 14.8 Å². The van der Waals surface area contributed by atoms with E-state index in [1.807, 2.05) is 12.1 Å². The van der Waals surface area contributed by atoms with Crippen LogP contribution >= 0.6 is 0 Å². The minimum absolute atomic E-state index is 0.138. The van der Waals surface area contributed by atoms with Crippen LogP contribution in [0, 0.1) is 0 Å². The van der Waals surface area contributed by atoms with Crippen molar-refractivity contribution in [3.05, 3.63) is 23.8 Å². The molecule has 4 heteroatoms.